The molecule has 25 heavy (non-hydrogen) atoms. The van der Waals surface area contributed by atoms with Crippen molar-refractivity contribution < 1.29 is 9.53 Å². The van der Waals surface area contributed by atoms with Gasteiger partial charge in [-0.05, 0) is 55.5 Å². The molecule has 0 saturated heterocycles. The van der Waals surface area contributed by atoms with E-state index in [0.717, 1.165) is 16.7 Å². The molecule has 4 heteroatoms. The van der Waals surface area contributed by atoms with Gasteiger partial charge in [0.15, 0.2) is 6.61 Å². The molecule has 0 aromatic heterocycles. The molecule has 0 heterocycles. The van der Waals surface area contributed by atoms with Crippen molar-refractivity contribution >= 4 is 12.1 Å². The van der Waals surface area contributed by atoms with Crippen LogP contribution in [0.15, 0.2) is 41.5 Å². The lowest BCUT2D eigenvalue weighted by Gasteiger charge is -2.08. The average molecular weight is 338 g/mol. The number of nitrogens with one attached hydrogen (secondary N) is 1. The zero-order valence-corrected chi connectivity index (χ0v) is 15.6. The third kappa shape index (κ3) is 5.45. The molecule has 0 unspecified atom stereocenters. The Kier molecular flexibility index (Phi) is 6.34. The fourth-order valence-electron chi connectivity index (χ4n) is 2.69. The van der Waals surface area contributed by atoms with E-state index in [0.29, 0.717) is 11.7 Å². The standard InChI is InChI=1S/C21H26N2O2/c1-14(2)18-6-8-19(9-7-18)25-13-21(24)23-22-12-20-16(4)10-15(3)11-17(20)5/h6-12,14H,13H2,1-5H3,(H,23,24)/b22-12-. The topological polar surface area (TPSA) is 50.7 Å². The van der Waals surface area contributed by atoms with Gasteiger partial charge in [0, 0.05) is 5.56 Å². The molecule has 2 aromatic carbocycles. The minimum atomic E-state index is -0.286. The van der Waals surface area contributed by atoms with Crippen molar-refractivity contribution in [1.29, 1.82) is 0 Å². The molecule has 2 rings (SSSR count). The molecule has 0 aliphatic carbocycles. The minimum absolute atomic E-state index is 0.0653. The van der Waals surface area contributed by atoms with Crippen LogP contribution >= 0.6 is 0 Å². The van der Waals surface area contributed by atoms with Crippen LogP contribution in [0, 0.1) is 20.8 Å². The smallest absolute Gasteiger partial charge is 0.277 e. The van der Waals surface area contributed by atoms with Crippen molar-refractivity contribution in [2.24, 2.45) is 5.10 Å². The first-order valence-corrected chi connectivity index (χ1v) is 8.49. The summed E-state index contributed by atoms with van der Waals surface area (Å²) in [6.45, 7) is 10.3. The second-order valence-electron chi connectivity index (χ2n) is 6.62. The van der Waals surface area contributed by atoms with Crippen LogP contribution in [0.3, 0.4) is 0 Å². The molecular weight excluding hydrogens is 312 g/mol. The molecule has 0 radical (unpaired) electrons. The number of hydrogen-bond acceptors (Lipinski definition) is 3. The van der Waals surface area contributed by atoms with Gasteiger partial charge in [-0.15, -0.1) is 0 Å². The molecule has 132 valence electrons. The highest BCUT2D eigenvalue weighted by Crippen LogP contribution is 2.18. The normalized spacial score (nSPS) is 11.1. The predicted molar refractivity (Wildman–Crippen MR) is 102 cm³/mol. The molecule has 2 aromatic rings. The first-order valence-electron chi connectivity index (χ1n) is 8.49. The van der Waals surface area contributed by atoms with Crippen molar-refractivity contribution in [3.63, 3.8) is 0 Å². The third-order valence-corrected chi connectivity index (χ3v) is 4.04. The molecule has 0 aliphatic rings. The Morgan fingerprint density at radius 2 is 1.72 bits per heavy atom. The maximum absolute atomic E-state index is 11.9. The molecule has 0 fully saturated rings. The quantitative estimate of drug-likeness (QED) is 0.632. The number of rotatable bonds is 6. The second kappa shape index (κ2) is 8.47. The summed E-state index contributed by atoms with van der Waals surface area (Å²) >= 11 is 0. The highest BCUT2D eigenvalue weighted by Gasteiger charge is 2.04. The van der Waals surface area contributed by atoms with E-state index >= 15 is 0 Å². The van der Waals surface area contributed by atoms with Gasteiger partial charge in [-0.25, -0.2) is 5.43 Å². The number of nitrogens with zero attached hydrogens (tertiary/aromatic N) is 1. The number of aryl methyl sites for hydroxylation is 3. The summed E-state index contributed by atoms with van der Waals surface area (Å²) in [5.74, 6) is 0.862. The highest BCUT2D eigenvalue weighted by molar-refractivity contribution is 5.85. The van der Waals surface area contributed by atoms with Gasteiger partial charge in [-0.1, -0.05) is 43.7 Å². The van der Waals surface area contributed by atoms with E-state index in [9.17, 15) is 4.79 Å². The van der Waals surface area contributed by atoms with Crippen molar-refractivity contribution in [3.8, 4) is 5.75 Å². The molecule has 0 aliphatic heterocycles. The maximum atomic E-state index is 11.9. The van der Waals surface area contributed by atoms with Gasteiger partial charge < -0.3 is 4.74 Å². The molecule has 1 N–H and O–H groups in total. The van der Waals surface area contributed by atoms with Gasteiger partial charge in [0.2, 0.25) is 0 Å². The number of benzene rings is 2. The number of carbonyl (C=O) groups is 1. The number of hydrazone groups is 1. The van der Waals surface area contributed by atoms with E-state index in [-0.39, 0.29) is 12.5 Å². The Morgan fingerprint density at radius 1 is 1.12 bits per heavy atom. The zero-order chi connectivity index (χ0) is 18.4. The zero-order valence-electron chi connectivity index (χ0n) is 15.6. The Morgan fingerprint density at radius 3 is 2.28 bits per heavy atom. The molecule has 4 nitrogen and oxygen atoms in total. The summed E-state index contributed by atoms with van der Waals surface area (Å²) in [6.07, 6.45) is 1.68. The third-order valence-electron chi connectivity index (χ3n) is 4.04. The molecular formula is C21H26N2O2. The number of ether oxygens (including phenoxy) is 1. The predicted octanol–water partition coefficient (Wildman–Crippen LogP) is 4.26. The van der Waals surface area contributed by atoms with Crippen molar-refractivity contribution in [1.82, 2.24) is 5.43 Å². The Hall–Kier alpha value is -2.62. The van der Waals surface area contributed by atoms with Crippen LogP contribution in [0.5, 0.6) is 5.75 Å². The van der Waals surface area contributed by atoms with E-state index in [1.807, 2.05) is 38.1 Å². The van der Waals surface area contributed by atoms with E-state index in [2.05, 4.69) is 43.4 Å². The minimum Gasteiger partial charge on any atom is -0.484 e. The number of hydrogen-bond donors (Lipinski definition) is 1. The van der Waals surface area contributed by atoms with Crippen LogP contribution in [0.1, 0.15) is 47.6 Å². The maximum Gasteiger partial charge on any atom is 0.277 e. The lowest BCUT2D eigenvalue weighted by Crippen LogP contribution is -2.24. The van der Waals surface area contributed by atoms with E-state index in [1.54, 1.807) is 6.21 Å². The molecule has 0 spiro atoms. The molecule has 1 amide bonds. The van der Waals surface area contributed by atoms with Gasteiger partial charge in [0.25, 0.3) is 5.91 Å². The van der Waals surface area contributed by atoms with Crippen molar-refractivity contribution in [3.05, 3.63) is 64.2 Å². The van der Waals surface area contributed by atoms with Gasteiger partial charge in [-0.2, -0.15) is 5.10 Å². The second-order valence-corrected chi connectivity index (χ2v) is 6.62. The van der Waals surface area contributed by atoms with E-state index < -0.39 is 0 Å². The largest absolute Gasteiger partial charge is 0.484 e. The van der Waals surface area contributed by atoms with E-state index in [1.165, 1.54) is 11.1 Å². The Bertz CT molecular complexity index is 739. The average Bonchev–Trinajstić information content (AvgIpc) is 2.55. The van der Waals surface area contributed by atoms with Crippen molar-refractivity contribution in [2.75, 3.05) is 6.61 Å². The summed E-state index contributed by atoms with van der Waals surface area (Å²) < 4.78 is 5.48. The van der Waals surface area contributed by atoms with Crippen LogP contribution in [-0.4, -0.2) is 18.7 Å². The monoisotopic (exact) mass is 338 g/mol. The Balaban J connectivity index is 1.86. The van der Waals surface area contributed by atoms with Crippen LogP contribution < -0.4 is 10.2 Å². The lowest BCUT2D eigenvalue weighted by atomic mass is 10.0. The van der Waals surface area contributed by atoms with Crippen LogP contribution in [0.25, 0.3) is 0 Å². The number of amides is 1. The van der Waals surface area contributed by atoms with E-state index in [4.69, 9.17) is 4.74 Å². The van der Waals surface area contributed by atoms with Crippen LogP contribution in [0.2, 0.25) is 0 Å². The summed E-state index contributed by atoms with van der Waals surface area (Å²) in [7, 11) is 0. The van der Waals surface area contributed by atoms with Crippen LogP contribution in [-0.2, 0) is 4.79 Å². The fraction of sp³-hybridized carbons (Fsp3) is 0.333. The van der Waals surface area contributed by atoms with Gasteiger partial charge >= 0.3 is 0 Å². The summed E-state index contributed by atoms with van der Waals surface area (Å²) in [5.41, 5.74) is 8.26. The molecule has 0 bridgehead atoms. The first-order chi connectivity index (χ1) is 11.9. The fourth-order valence-corrected chi connectivity index (χ4v) is 2.69. The number of carbonyl (C=O) groups excluding carboxylic acids is 1. The summed E-state index contributed by atoms with van der Waals surface area (Å²) in [4.78, 5) is 11.9. The SMILES string of the molecule is Cc1cc(C)c(/C=N\NC(=O)COc2ccc(C(C)C)cc2)c(C)c1. The first kappa shape index (κ1) is 18.7. The van der Waals surface area contributed by atoms with Gasteiger partial charge in [0.05, 0.1) is 6.21 Å². The van der Waals surface area contributed by atoms with Gasteiger partial charge in [0.1, 0.15) is 5.75 Å². The van der Waals surface area contributed by atoms with Crippen LogP contribution in [0.4, 0.5) is 0 Å². The Labute approximate surface area is 149 Å². The molecule has 0 atom stereocenters. The molecule has 0 saturated carbocycles. The highest BCUT2D eigenvalue weighted by atomic mass is 16.5. The van der Waals surface area contributed by atoms with Gasteiger partial charge in [-0.3, -0.25) is 4.79 Å². The summed E-state index contributed by atoms with van der Waals surface area (Å²) in [6, 6.07) is 12.0. The lowest BCUT2D eigenvalue weighted by molar-refractivity contribution is -0.123. The van der Waals surface area contributed by atoms with Crippen molar-refractivity contribution in [2.45, 2.75) is 40.5 Å². The summed E-state index contributed by atoms with van der Waals surface area (Å²) in [5, 5.41) is 4.04.